The lowest BCUT2D eigenvalue weighted by Gasteiger charge is -2.19. The monoisotopic (exact) mass is 335 g/mol. The van der Waals surface area contributed by atoms with Crippen LogP contribution < -0.4 is 5.32 Å². The average molecular weight is 337 g/mol. The molecule has 0 spiro atoms. The lowest BCUT2D eigenvalue weighted by molar-refractivity contribution is 0.446. The zero-order valence-corrected chi connectivity index (χ0v) is 13.2. The van der Waals surface area contributed by atoms with Crippen molar-refractivity contribution in [2.75, 3.05) is 6.54 Å². The first kappa shape index (κ1) is 15.9. The van der Waals surface area contributed by atoms with Gasteiger partial charge in [-0.05, 0) is 29.7 Å². The fraction of sp³-hybridized carbons (Fsp3) is 0.571. The zero-order chi connectivity index (χ0) is 13.5. The number of hydrogen-bond donors (Lipinski definition) is 1. The maximum atomic E-state index is 13.2. The molecule has 0 radical (unpaired) electrons. The number of rotatable bonds is 7. The van der Waals surface area contributed by atoms with Crippen molar-refractivity contribution in [3.8, 4) is 0 Å². The highest BCUT2D eigenvalue weighted by atomic mass is 79.9. The van der Waals surface area contributed by atoms with Crippen LogP contribution in [0.15, 0.2) is 22.7 Å². The number of nitrogens with one attached hydrogen (secondary N) is 1. The Morgan fingerprint density at radius 1 is 1.28 bits per heavy atom. The first-order valence-electron chi connectivity index (χ1n) is 6.36. The summed E-state index contributed by atoms with van der Waals surface area (Å²) in [6, 6.07) is 4.91. The summed E-state index contributed by atoms with van der Waals surface area (Å²) in [5, 5.41) is 3.42. The van der Waals surface area contributed by atoms with Gasteiger partial charge in [0.15, 0.2) is 0 Å². The molecule has 4 heteroatoms. The van der Waals surface area contributed by atoms with E-state index in [2.05, 4.69) is 35.1 Å². The predicted molar refractivity (Wildman–Crippen MR) is 79.5 cm³/mol. The van der Waals surface area contributed by atoms with Gasteiger partial charge in [0.25, 0.3) is 0 Å². The maximum Gasteiger partial charge on any atom is 0.124 e. The Kier molecular flexibility index (Phi) is 7.20. The molecule has 1 aromatic carbocycles. The van der Waals surface area contributed by atoms with Crippen LogP contribution >= 0.6 is 27.5 Å². The van der Waals surface area contributed by atoms with Crippen molar-refractivity contribution in [1.29, 1.82) is 0 Å². The second kappa shape index (κ2) is 8.13. The Morgan fingerprint density at radius 3 is 2.50 bits per heavy atom. The second-order valence-corrected chi connectivity index (χ2v) is 5.98. The van der Waals surface area contributed by atoms with Crippen molar-refractivity contribution in [2.24, 2.45) is 5.92 Å². The van der Waals surface area contributed by atoms with Crippen molar-refractivity contribution in [3.63, 3.8) is 0 Å². The summed E-state index contributed by atoms with van der Waals surface area (Å²) in [6.45, 7) is 5.71. The predicted octanol–water partition coefficient (Wildman–Crippen LogP) is 4.72. The first-order chi connectivity index (χ1) is 8.56. The van der Waals surface area contributed by atoms with Crippen molar-refractivity contribution < 1.29 is 4.39 Å². The zero-order valence-electron chi connectivity index (χ0n) is 10.8. The molecule has 1 aromatic rings. The summed E-state index contributed by atoms with van der Waals surface area (Å²) in [6.07, 6.45) is 2.19. The van der Waals surface area contributed by atoms with E-state index in [1.54, 1.807) is 0 Å². The van der Waals surface area contributed by atoms with Crippen LogP contribution in [0.3, 0.4) is 0 Å². The minimum absolute atomic E-state index is 0.136. The third kappa shape index (κ3) is 5.25. The topological polar surface area (TPSA) is 12.0 Å². The number of hydrogen-bond acceptors (Lipinski definition) is 1. The van der Waals surface area contributed by atoms with Gasteiger partial charge in [-0.1, -0.05) is 42.6 Å². The molecular weight excluding hydrogens is 317 g/mol. The largest absolute Gasteiger partial charge is 0.311 e. The molecule has 1 rings (SSSR count). The van der Waals surface area contributed by atoms with Gasteiger partial charge in [-0.3, -0.25) is 0 Å². The van der Waals surface area contributed by atoms with Gasteiger partial charge in [-0.2, -0.15) is 0 Å². The average Bonchev–Trinajstić information content (AvgIpc) is 2.29. The Labute approximate surface area is 122 Å². The molecule has 0 saturated carbocycles. The third-order valence-corrected chi connectivity index (χ3v) is 4.12. The van der Waals surface area contributed by atoms with Crippen molar-refractivity contribution >= 4 is 27.5 Å². The van der Waals surface area contributed by atoms with Crippen LogP contribution in [0, 0.1) is 11.7 Å². The van der Waals surface area contributed by atoms with E-state index in [9.17, 15) is 4.39 Å². The highest BCUT2D eigenvalue weighted by Crippen LogP contribution is 2.18. The minimum Gasteiger partial charge on any atom is -0.311 e. The molecule has 1 N–H and O–H groups in total. The number of benzene rings is 1. The van der Waals surface area contributed by atoms with Crippen LogP contribution in [0.5, 0.6) is 0 Å². The van der Waals surface area contributed by atoms with Crippen LogP contribution in [0.1, 0.15) is 32.3 Å². The molecule has 0 saturated heterocycles. The van der Waals surface area contributed by atoms with Gasteiger partial charge in [0.1, 0.15) is 5.82 Å². The van der Waals surface area contributed by atoms with Crippen molar-refractivity contribution in [3.05, 3.63) is 34.1 Å². The van der Waals surface area contributed by atoms with Gasteiger partial charge < -0.3 is 5.32 Å². The van der Waals surface area contributed by atoms with E-state index in [1.807, 2.05) is 6.07 Å². The molecule has 0 aliphatic carbocycles. The van der Waals surface area contributed by atoms with E-state index < -0.39 is 0 Å². The second-order valence-electron chi connectivity index (χ2n) is 4.50. The summed E-state index contributed by atoms with van der Waals surface area (Å²) >= 11 is 9.62. The summed E-state index contributed by atoms with van der Waals surface area (Å²) in [5.41, 5.74) is 0.926. The van der Waals surface area contributed by atoms with Crippen LogP contribution in [0.25, 0.3) is 0 Å². The lowest BCUT2D eigenvalue weighted by Crippen LogP contribution is -2.28. The first-order valence-corrected chi connectivity index (χ1v) is 7.59. The summed E-state index contributed by atoms with van der Waals surface area (Å²) in [5.74, 6) is 0.321. The molecule has 0 amide bonds. The smallest absolute Gasteiger partial charge is 0.124 e. The number of halogens is 3. The molecule has 102 valence electrons. The highest BCUT2D eigenvalue weighted by molar-refractivity contribution is 9.10. The third-order valence-electron chi connectivity index (χ3n) is 3.15. The van der Waals surface area contributed by atoms with Crippen LogP contribution in [-0.2, 0) is 6.54 Å². The lowest BCUT2D eigenvalue weighted by atomic mass is 9.99. The molecule has 18 heavy (non-hydrogen) atoms. The molecule has 0 fully saturated rings. The fourth-order valence-corrected chi connectivity index (χ4v) is 3.01. The van der Waals surface area contributed by atoms with E-state index in [0.717, 1.165) is 29.4 Å². The molecule has 0 aromatic heterocycles. The quantitative estimate of drug-likeness (QED) is 0.710. The molecule has 0 bridgehead atoms. The summed E-state index contributed by atoms with van der Waals surface area (Å²) < 4.78 is 13.9. The Hall–Kier alpha value is -0.120. The summed E-state index contributed by atoms with van der Waals surface area (Å²) in [7, 11) is 0. The standard InChI is InChI=1S/C14H20BrClFN/c1-3-11(4-2)14(16)9-18-8-10-5-12(15)7-13(17)6-10/h5-7,11,14,18H,3-4,8-9H2,1-2H3. The molecule has 1 unspecified atom stereocenters. The molecule has 1 nitrogen and oxygen atoms in total. The maximum absolute atomic E-state index is 13.2. The molecule has 1 atom stereocenters. The van der Waals surface area contributed by atoms with Crippen LogP contribution in [0.4, 0.5) is 4.39 Å². The van der Waals surface area contributed by atoms with Crippen molar-refractivity contribution in [2.45, 2.75) is 38.6 Å². The molecule has 0 aliphatic rings. The van der Waals surface area contributed by atoms with Gasteiger partial charge in [0.05, 0.1) is 0 Å². The van der Waals surface area contributed by atoms with E-state index in [0.29, 0.717) is 12.5 Å². The van der Waals surface area contributed by atoms with E-state index in [-0.39, 0.29) is 11.2 Å². The molecule has 0 aliphatic heterocycles. The SMILES string of the molecule is CCC(CC)C(Cl)CNCc1cc(F)cc(Br)c1. The van der Waals surface area contributed by atoms with Crippen molar-refractivity contribution in [1.82, 2.24) is 5.32 Å². The summed E-state index contributed by atoms with van der Waals surface area (Å²) in [4.78, 5) is 0. The van der Waals surface area contributed by atoms with Gasteiger partial charge in [-0.25, -0.2) is 4.39 Å². The molecule has 0 heterocycles. The minimum atomic E-state index is -0.219. The van der Waals surface area contributed by atoms with E-state index in [1.165, 1.54) is 12.1 Å². The van der Waals surface area contributed by atoms with Gasteiger partial charge in [0, 0.05) is 22.9 Å². The van der Waals surface area contributed by atoms with Crippen LogP contribution in [-0.4, -0.2) is 11.9 Å². The highest BCUT2D eigenvalue weighted by Gasteiger charge is 2.14. The van der Waals surface area contributed by atoms with Gasteiger partial charge in [-0.15, -0.1) is 11.6 Å². The Balaban J connectivity index is 2.41. The van der Waals surface area contributed by atoms with E-state index >= 15 is 0 Å². The van der Waals surface area contributed by atoms with Crippen LogP contribution in [0.2, 0.25) is 0 Å². The normalized spacial score (nSPS) is 13.0. The Morgan fingerprint density at radius 2 is 1.94 bits per heavy atom. The van der Waals surface area contributed by atoms with Gasteiger partial charge >= 0.3 is 0 Å². The Bertz CT molecular complexity index is 349. The van der Waals surface area contributed by atoms with E-state index in [4.69, 9.17) is 11.6 Å². The van der Waals surface area contributed by atoms with Gasteiger partial charge in [0.2, 0.25) is 0 Å². The number of alkyl halides is 1. The molecular formula is C14H20BrClFN. The fourth-order valence-electron chi connectivity index (χ4n) is 2.03.